The number of nitrogens with one attached hydrogen (secondary N) is 2. The van der Waals surface area contributed by atoms with Gasteiger partial charge in [0.25, 0.3) is 0 Å². The molecule has 2 rings (SSSR count). The van der Waals surface area contributed by atoms with Crippen molar-refractivity contribution >= 4 is 12.2 Å². The summed E-state index contributed by atoms with van der Waals surface area (Å²) in [5.74, 6) is 0.403. The highest BCUT2D eigenvalue weighted by Gasteiger charge is 2.29. The summed E-state index contributed by atoms with van der Waals surface area (Å²) in [5.41, 5.74) is 1.30. The van der Waals surface area contributed by atoms with Crippen molar-refractivity contribution in [1.29, 1.82) is 0 Å². The van der Waals surface area contributed by atoms with Crippen LogP contribution in [0.15, 0.2) is 30.3 Å². The zero-order valence-corrected chi connectivity index (χ0v) is 11.1. The van der Waals surface area contributed by atoms with Crippen molar-refractivity contribution in [2.75, 3.05) is 6.54 Å². The Hall–Kier alpha value is -1.68. The molecule has 0 aromatic heterocycles. The molecule has 4 heteroatoms. The third-order valence-corrected chi connectivity index (χ3v) is 3.48. The summed E-state index contributed by atoms with van der Waals surface area (Å²) in [4.78, 5) is 22.4. The van der Waals surface area contributed by atoms with E-state index in [-0.39, 0.29) is 11.9 Å². The lowest BCUT2D eigenvalue weighted by atomic mass is 9.96. The molecule has 1 aromatic rings. The number of carbonyl (C=O) groups is 2. The summed E-state index contributed by atoms with van der Waals surface area (Å²) in [7, 11) is 0. The number of carbonyl (C=O) groups excluding carboxylic acids is 2. The number of benzene rings is 1. The molecular formula is C15H20N2O2. The van der Waals surface area contributed by atoms with Gasteiger partial charge in [-0.05, 0) is 37.8 Å². The highest BCUT2D eigenvalue weighted by molar-refractivity contribution is 5.84. The minimum atomic E-state index is -0.414. The largest absolute Gasteiger partial charge is 0.346 e. The van der Waals surface area contributed by atoms with Gasteiger partial charge in [-0.1, -0.05) is 30.3 Å². The SMILES string of the molecule is C[C@@H](C=O)NC(=O)[C@H]1C[C@@H](Cc2ccccc2)CN1. The maximum absolute atomic E-state index is 11.9. The Morgan fingerprint density at radius 3 is 2.89 bits per heavy atom. The Morgan fingerprint density at radius 1 is 1.47 bits per heavy atom. The lowest BCUT2D eigenvalue weighted by molar-refractivity contribution is -0.125. The summed E-state index contributed by atoms with van der Waals surface area (Å²) in [6.07, 6.45) is 2.56. The van der Waals surface area contributed by atoms with Crippen molar-refractivity contribution in [3.63, 3.8) is 0 Å². The summed E-state index contributed by atoms with van der Waals surface area (Å²) in [6, 6.07) is 9.72. The van der Waals surface area contributed by atoms with Crippen molar-refractivity contribution < 1.29 is 9.59 Å². The average molecular weight is 260 g/mol. The second kappa shape index (κ2) is 6.48. The third kappa shape index (κ3) is 3.89. The van der Waals surface area contributed by atoms with Gasteiger partial charge in [0, 0.05) is 0 Å². The summed E-state index contributed by atoms with van der Waals surface area (Å²) in [6.45, 7) is 2.53. The Kier molecular flexibility index (Phi) is 4.68. The zero-order chi connectivity index (χ0) is 13.7. The van der Waals surface area contributed by atoms with E-state index in [9.17, 15) is 9.59 Å². The molecule has 2 N–H and O–H groups in total. The van der Waals surface area contributed by atoms with Crippen LogP contribution in [0.1, 0.15) is 18.9 Å². The van der Waals surface area contributed by atoms with Gasteiger partial charge in [-0.2, -0.15) is 0 Å². The van der Waals surface area contributed by atoms with Gasteiger partial charge in [0.05, 0.1) is 12.1 Å². The molecule has 0 aliphatic carbocycles. The maximum atomic E-state index is 11.9. The van der Waals surface area contributed by atoms with Crippen molar-refractivity contribution in [3.05, 3.63) is 35.9 Å². The van der Waals surface area contributed by atoms with Crippen LogP contribution in [-0.4, -0.2) is 30.8 Å². The topological polar surface area (TPSA) is 58.2 Å². The molecule has 4 nitrogen and oxygen atoms in total. The molecule has 1 amide bonds. The van der Waals surface area contributed by atoms with Crippen LogP contribution < -0.4 is 10.6 Å². The molecule has 0 bridgehead atoms. The van der Waals surface area contributed by atoms with Crippen molar-refractivity contribution in [2.45, 2.75) is 31.8 Å². The number of rotatable bonds is 5. The van der Waals surface area contributed by atoms with Crippen LogP contribution >= 0.6 is 0 Å². The van der Waals surface area contributed by atoms with Crippen molar-refractivity contribution in [1.82, 2.24) is 10.6 Å². The summed E-state index contributed by atoms with van der Waals surface area (Å²) in [5, 5.41) is 5.91. The van der Waals surface area contributed by atoms with E-state index < -0.39 is 6.04 Å². The van der Waals surface area contributed by atoms with Crippen molar-refractivity contribution in [2.24, 2.45) is 5.92 Å². The average Bonchev–Trinajstić information content (AvgIpc) is 2.88. The molecule has 1 heterocycles. The predicted octanol–water partition coefficient (Wildman–Crippen LogP) is 0.911. The van der Waals surface area contributed by atoms with Gasteiger partial charge < -0.3 is 15.4 Å². The van der Waals surface area contributed by atoms with E-state index >= 15 is 0 Å². The first-order valence-corrected chi connectivity index (χ1v) is 6.72. The highest BCUT2D eigenvalue weighted by atomic mass is 16.2. The third-order valence-electron chi connectivity index (χ3n) is 3.48. The standard InChI is InChI=1S/C15H20N2O2/c1-11(10-18)17-15(19)14-8-13(9-16-14)7-12-5-3-2-4-6-12/h2-6,10-11,13-14,16H,7-9H2,1H3,(H,17,19)/t11-,13+,14+/m0/s1. The Labute approximate surface area is 113 Å². The van der Waals surface area contributed by atoms with Gasteiger partial charge in [-0.15, -0.1) is 0 Å². The normalized spacial score (nSPS) is 23.8. The lowest BCUT2D eigenvalue weighted by Crippen LogP contribution is -2.44. The molecule has 1 fully saturated rings. The Bertz CT molecular complexity index is 433. The molecule has 1 saturated heterocycles. The zero-order valence-electron chi connectivity index (χ0n) is 11.1. The van der Waals surface area contributed by atoms with E-state index in [2.05, 4.69) is 22.8 Å². The molecular weight excluding hydrogens is 240 g/mol. The second-order valence-corrected chi connectivity index (χ2v) is 5.19. The van der Waals surface area contributed by atoms with Gasteiger partial charge in [0.15, 0.2) is 0 Å². The van der Waals surface area contributed by atoms with Gasteiger partial charge in [0.1, 0.15) is 6.29 Å². The molecule has 102 valence electrons. The summed E-state index contributed by atoms with van der Waals surface area (Å²) < 4.78 is 0. The van der Waals surface area contributed by atoms with Gasteiger partial charge in [-0.3, -0.25) is 4.79 Å². The fourth-order valence-electron chi connectivity index (χ4n) is 2.47. The fraction of sp³-hybridized carbons (Fsp3) is 0.467. The molecule has 1 aliphatic heterocycles. The highest BCUT2D eigenvalue weighted by Crippen LogP contribution is 2.19. The smallest absolute Gasteiger partial charge is 0.237 e. The molecule has 0 unspecified atom stereocenters. The van der Waals surface area contributed by atoms with Crippen LogP contribution in [0.4, 0.5) is 0 Å². The van der Waals surface area contributed by atoms with Crippen LogP contribution in [0.25, 0.3) is 0 Å². The molecule has 0 saturated carbocycles. The molecule has 19 heavy (non-hydrogen) atoms. The second-order valence-electron chi connectivity index (χ2n) is 5.19. The van der Waals surface area contributed by atoms with E-state index in [1.807, 2.05) is 18.2 Å². The first-order valence-electron chi connectivity index (χ1n) is 6.72. The number of amides is 1. The van der Waals surface area contributed by atoms with E-state index in [1.165, 1.54) is 5.56 Å². The van der Waals surface area contributed by atoms with E-state index in [0.717, 1.165) is 25.7 Å². The minimum Gasteiger partial charge on any atom is -0.346 e. The molecule has 1 aromatic carbocycles. The van der Waals surface area contributed by atoms with Gasteiger partial charge in [-0.25, -0.2) is 0 Å². The fourth-order valence-corrected chi connectivity index (χ4v) is 2.47. The van der Waals surface area contributed by atoms with Crippen LogP contribution in [0, 0.1) is 5.92 Å². The maximum Gasteiger partial charge on any atom is 0.237 e. The monoisotopic (exact) mass is 260 g/mol. The number of hydrogen-bond acceptors (Lipinski definition) is 3. The molecule has 0 radical (unpaired) electrons. The van der Waals surface area contributed by atoms with Crippen LogP contribution in [0.3, 0.4) is 0 Å². The van der Waals surface area contributed by atoms with E-state index in [4.69, 9.17) is 0 Å². The van der Waals surface area contributed by atoms with Crippen LogP contribution in [0.2, 0.25) is 0 Å². The molecule has 1 aliphatic rings. The Morgan fingerprint density at radius 2 is 2.21 bits per heavy atom. The van der Waals surface area contributed by atoms with E-state index in [1.54, 1.807) is 6.92 Å². The van der Waals surface area contributed by atoms with Gasteiger partial charge >= 0.3 is 0 Å². The lowest BCUT2D eigenvalue weighted by Gasteiger charge is -2.13. The summed E-state index contributed by atoms with van der Waals surface area (Å²) >= 11 is 0. The quantitative estimate of drug-likeness (QED) is 0.774. The van der Waals surface area contributed by atoms with Crippen LogP contribution in [0.5, 0.6) is 0 Å². The number of hydrogen-bond donors (Lipinski definition) is 2. The Balaban J connectivity index is 1.83. The first kappa shape index (κ1) is 13.7. The van der Waals surface area contributed by atoms with Gasteiger partial charge in [0.2, 0.25) is 5.91 Å². The van der Waals surface area contributed by atoms with E-state index in [0.29, 0.717) is 5.92 Å². The predicted molar refractivity (Wildman–Crippen MR) is 73.7 cm³/mol. The molecule has 0 spiro atoms. The molecule has 3 atom stereocenters. The first-order chi connectivity index (χ1) is 9.19. The number of aldehydes is 1. The van der Waals surface area contributed by atoms with Crippen molar-refractivity contribution in [3.8, 4) is 0 Å². The minimum absolute atomic E-state index is 0.0739. The van der Waals surface area contributed by atoms with Crippen LogP contribution in [-0.2, 0) is 16.0 Å².